The van der Waals surface area contributed by atoms with E-state index in [1.54, 1.807) is 12.1 Å². The summed E-state index contributed by atoms with van der Waals surface area (Å²) in [4.78, 5) is 27.1. The molecule has 170 valence electrons. The Balaban J connectivity index is 1.44. The maximum atomic E-state index is 13.0. The molecule has 3 aromatic carbocycles. The predicted octanol–water partition coefficient (Wildman–Crippen LogP) is 5.27. The van der Waals surface area contributed by atoms with Crippen LogP contribution in [0.4, 0.5) is 0 Å². The van der Waals surface area contributed by atoms with Crippen LogP contribution in [0.15, 0.2) is 66.7 Å². The zero-order valence-corrected chi connectivity index (χ0v) is 19.1. The highest BCUT2D eigenvalue weighted by molar-refractivity contribution is 6.34. The van der Waals surface area contributed by atoms with Crippen LogP contribution in [0, 0.1) is 0 Å². The van der Waals surface area contributed by atoms with E-state index in [1.807, 2.05) is 54.6 Å². The van der Waals surface area contributed by atoms with Crippen molar-refractivity contribution in [3.63, 3.8) is 0 Å². The molecule has 3 aromatic rings. The molecular formula is C27H27ClN2O3. The molecule has 0 spiro atoms. The van der Waals surface area contributed by atoms with E-state index in [2.05, 4.69) is 10.2 Å². The van der Waals surface area contributed by atoms with Gasteiger partial charge in [-0.15, -0.1) is 0 Å². The summed E-state index contributed by atoms with van der Waals surface area (Å²) < 4.78 is 0. The fourth-order valence-electron chi connectivity index (χ4n) is 4.32. The fourth-order valence-corrected chi connectivity index (χ4v) is 4.58. The second kappa shape index (κ2) is 10.6. The van der Waals surface area contributed by atoms with E-state index in [0.29, 0.717) is 35.7 Å². The number of halogens is 1. The molecule has 0 aromatic heterocycles. The first-order valence-corrected chi connectivity index (χ1v) is 11.6. The lowest BCUT2D eigenvalue weighted by Crippen LogP contribution is -2.26. The molecule has 5 nitrogen and oxygen atoms in total. The van der Waals surface area contributed by atoms with Gasteiger partial charge in [0, 0.05) is 13.1 Å². The van der Waals surface area contributed by atoms with E-state index >= 15 is 0 Å². The maximum Gasteiger partial charge on any atom is 0.336 e. The molecular weight excluding hydrogens is 436 g/mol. The largest absolute Gasteiger partial charge is 0.478 e. The fraction of sp³-hybridized carbons (Fsp3) is 0.259. The Kier molecular flexibility index (Phi) is 7.43. The van der Waals surface area contributed by atoms with Gasteiger partial charge in [0.15, 0.2) is 0 Å². The summed E-state index contributed by atoms with van der Waals surface area (Å²) in [7, 11) is 0. The number of hydrogen-bond acceptors (Lipinski definition) is 3. The van der Waals surface area contributed by atoms with Crippen molar-refractivity contribution in [2.24, 2.45) is 0 Å². The molecule has 0 radical (unpaired) electrons. The lowest BCUT2D eigenvalue weighted by atomic mass is 9.99. The number of benzene rings is 3. The molecule has 2 N–H and O–H groups in total. The molecule has 1 aliphatic rings. The molecule has 1 fully saturated rings. The van der Waals surface area contributed by atoms with Gasteiger partial charge >= 0.3 is 5.97 Å². The van der Waals surface area contributed by atoms with Crippen molar-refractivity contribution >= 4 is 23.5 Å². The SMILES string of the molecule is O=C(O)c1cc(CCNC(=O)c2c(Cl)cccc2-c2ccccc2)ccc1CN1CCCC1. The van der Waals surface area contributed by atoms with Gasteiger partial charge in [-0.3, -0.25) is 9.69 Å². The molecule has 1 amide bonds. The normalized spacial score (nSPS) is 13.7. The van der Waals surface area contributed by atoms with Crippen molar-refractivity contribution in [3.8, 4) is 11.1 Å². The summed E-state index contributed by atoms with van der Waals surface area (Å²) in [6.45, 7) is 3.07. The molecule has 1 heterocycles. The summed E-state index contributed by atoms with van der Waals surface area (Å²) >= 11 is 6.38. The Hall–Kier alpha value is -3.15. The number of amides is 1. The second-order valence-corrected chi connectivity index (χ2v) is 8.72. The smallest absolute Gasteiger partial charge is 0.336 e. The maximum absolute atomic E-state index is 13.0. The number of carboxylic acids is 1. The third-order valence-corrected chi connectivity index (χ3v) is 6.34. The Bertz CT molecular complexity index is 1140. The number of likely N-dealkylation sites (tertiary alicyclic amines) is 1. The predicted molar refractivity (Wildman–Crippen MR) is 131 cm³/mol. The standard InChI is InChI=1S/C27H27ClN2O3/c28-24-10-6-9-22(20-7-2-1-3-8-20)25(24)26(31)29-14-13-19-11-12-21(23(17-19)27(32)33)18-30-15-4-5-16-30/h1-3,6-12,17H,4-5,13-16,18H2,(H,29,31)(H,32,33). The minimum Gasteiger partial charge on any atom is -0.478 e. The Morgan fingerprint density at radius 3 is 2.45 bits per heavy atom. The number of carbonyl (C=O) groups excluding carboxylic acids is 1. The van der Waals surface area contributed by atoms with Crippen molar-refractivity contribution in [3.05, 3.63) is 94.0 Å². The molecule has 1 saturated heterocycles. The molecule has 0 aliphatic carbocycles. The van der Waals surface area contributed by atoms with Gasteiger partial charge in [0.25, 0.3) is 5.91 Å². The van der Waals surface area contributed by atoms with E-state index in [9.17, 15) is 14.7 Å². The molecule has 0 bridgehead atoms. The summed E-state index contributed by atoms with van der Waals surface area (Å²) in [5, 5.41) is 13.0. The van der Waals surface area contributed by atoms with Gasteiger partial charge in [-0.1, -0.05) is 66.2 Å². The van der Waals surface area contributed by atoms with Crippen molar-refractivity contribution in [2.45, 2.75) is 25.8 Å². The average molecular weight is 463 g/mol. The summed E-state index contributed by atoms with van der Waals surface area (Å²) in [5.74, 6) is -1.16. The van der Waals surface area contributed by atoms with Crippen LogP contribution in [0.2, 0.25) is 5.02 Å². The van der Waals surface area contributed by atoms with Gasteiger partial charge < -0.3 is 10.4 Å². The molecule has 1 aliphatic heterocycles. The van der Waals surface area contributed by atoms with Crippen molar-refractivity contribution in [1.29, 1.82) is 0 Å². The second-order valence-electron chi connectivity index (χ2n) is 8.31. The van der Waals surface area contributed by atoms with E-state index in [-0.39, 0.29) is 5.91 Å². The lowest BCUT2D eigenvalue weighted by Gasteiger charge is -2.17. The molecule has 0 unspecified atom stereocenters. The van der Waals surface area contributed by atoms with Crippen molar-refractivity contribution in [2.75, 3.05) is 19.6 Å². The zero-order valence-electron chi connectivity index (χ0n) is 18.4. The first-order chi connectivity index (χ1) is 16.0. The van der Waals surface area contributed by atoms with Gasteiger partial charge in [-0.05, 0) is 66.7 Å². The van der Waals surface area contributed by atoms with E-state index in [0.717, 1.165) is 48.2 Å². The third-order valence-electron chi connectivity index (χ3n) is 6.02. The Morgan fingerprint density at radius 1 is 0.970 bits per heavy atom. The van der Waals surface area contributed by atoms with Gasteiger partial charge in [0.05, 0.1) is 16.1 Å². The number of nitrogens with zero attached hydrogens (tertiary/aromatic N) is 1. The number of hydrogen-bond donors (Lipinski definition) is 2. The molecule has 33 heavy (non-hydrogen) atoms. The van der Waals surface area contributed by atoms with Gasteiger partial charge in [-0.2, -0.15) is 0 Å². The highest BCUT2D eigenvalue weighted by Crippen LogP contribution is 2.29. The molecule has 0 atom stereocenters. The summed E-state index contributed by atoms with van der Waals surface area (Å²) in [6, 6.07) is 20.7. The third kappa shape index (κ3) is 5.62. The monoisotopic (exact) mass is 462 g/mol. The minimum atomic E-state index is -0.918. The van der Waals surface area contributed by atoms with Crippen LogP contribution in [0.5, 0.6) is 0 Å². The van der Waals surface area contributed by atoms with Crippen LogP contribution in [0.1, 0.15) is 44.7 Å². The van der Waals surface area contributed by atoms with E-state index in [4.69, 9.17) is 11.6 Å². The Labute approximate surface area is 199 Å². The zero-order chi connectivity index (χ0) is 23.2. The van der Waals surface area contributed by atoms with Gasteiger partial charge in [0.2, 0.25) is 0 Å². The van der Waals surface area contributed by atoms with Crippen LogP contribution >= 0.6 is 11.6 Å². The van der Waals surface area contributed by atoms with Crippen LogP contribution < -0.4 is 5.32 Å². The number of aromatic carboxylic acids is 1. The quantitative estimate of drug-likeness (QED) is 0.478. The summed E-state index contributed by atoms with van der Waals surface area (Å²) in [6.07, 6.45) is 2.86. The highest BCUT2D eigenvalue weighted by atomic mass is 35.5. The Morgan fingerprint density at radius 2 is 1.73 bits per heavy atom. The average Bonchev–Trinajstić information content (AvgIpc) is 3.33. The van der Waals surface area contributed by atoms with Gasteiger partial charge in [0.1, 0.15) is 0 Å². The van der Waals surface area contributed by atoms with E-state index in [1.165, 1.54) is 0 Å². The minimum absolute atomic E-state index is 0.247. The number of carbonyl (C=O) groups is 2. The number of carboxylic acid groups (broad SMARTS) is 1. The molecule has 6 heteroatoms. The highest BCUT2D eigenvalue weighted by Gasteiger charge is 2.18. The van der Waals surface area contributed by atoms with Gasteiger partial charge in [-0.25, -0.2) is 4.79 Å². The summed E-state index contributed by atoms with van der Waals surface area (Å²) in [5.41, 5.74) is 4.19. The van der Waals surface area contributed by atoms with Crippen LogP contribution in [-0.4, -0.2) is 41.5 Å². The number of rotatable bonds is 8. The van der Waals surface area contributed by atoms with Crippen LogP contribution in [0.25, 0.3) is 11.1 Å². The molecule has 0 saturated carbocycles. The van der Waals surface area contributed by atoms with Crippen molar-refractivity contribution < 1.29 is 14.7 Å². The topological polar surface area (TPSA) is 69.6 Å². The first kappa shape index (κ1) is 23.0. The van der Waals surface area contributed by atoms with Crippen molar-refractivity contribution in [1.82, 2.24) is 10.2 Å². The lowest BCUT2D eigenvalue weighted by molar-refractivity contribution is 0.0694. The van der Waals surface area contributed by atoms with Crippen LogP contribution in [-0.2, 0) is 13.0 Å². The van der Waals surface area contributed by atoms with E-state index < -0.39 is 5.97 Å². The number of nitrogens with one attached hydrogen (secondary N) is 1. The first-order valence-electron chi connectivity index (χ1n) is 11.2. The molecule has 4 rings (SSSR count). The van der Waals surface area contributed by atoms with Crippen LogP contribution in [0.3, 0.4) is 0 Å².